The molecule has 0 aliphatic carbocycles. The van der Waals surface area contributed by atoms with Crippen molar-refractivity contribution in [1.82, 2.24) is 35.4 Å². The van der Waals surface area contributed by atoms with Gasteiger partial charge < -0.3 is 47.0 Å². The molecule has 17 heteroatoms. The van der Waals surface area contributed by atoms with Crippen LogP contribution in [0.1, 0.15) is 48.8 Å². The molecule has 0 bridgehead atoms. The number of carboxylic acid groups (broad SMARTS) is 1. The number of fused-ring (bicyclic) bond motifs is 3. The van der Waals surface area contributed by atoms with Crippen molar-refractivity contribution in [2.24, 2.45) is 11.5 Å². The Hall–Kier alpha value is -5.88. The molecular formula is C43H50FN9O6S. The number of nitrogens with two attached hydrogens (primary N) is 2. The van der Waals surface area contributed by atoms with Crippen LogP contribution < -0.4 is 33.0 Å². The van der Waals surface area contributed by atoms with Gasteiger partial charge in [0.25, 0.3) is 5.56 Å². The quantitative estimate of drug-likeness (QED) is 0.0902. The molecule has 0 spiro atoms. The van der Waals surface area contributed by atoms with E-state index >= 15 is 4.39 Å². The fourth-order valence-corrected chi connectivity index (χ4v) is 8.41. The molecule has 0 fully saturated rings. The molecule has 5 aromatic rings. The van der Waals surface area contributed by atoms with Gasteiger partial charge in [0.1, 0.15) is 29.5 Å². The largest absolute Gasteiger partial charge is 0.480 e. The summed E-state index contributed by atoms with van der Waals surface area (Å²) in [5, 5.41) is 19.9. The number of hydrogen-bond donors (Lipinski definition) is 7. The average molecular weight is 840 g/mol. The van der Waals surface area contributed by atoms with Crippen molar-refractivity contribution in [3.8, 4) is 11.1 Å². The third-order valence-electron chi connectivity index (χ3n) is 10.6. The number of amides is 3. The first-order chi connectivity index (χ1) is 29.0. The number of para-hydroxylation sites is 1. The number of aliphatic carboxylic acids is 1. The van der Waals surface area contributed by atoms with E-state index < -0.39 is 59.7 Å². The summed E-state index contributed by atoms with van der Waals surface area (Å²) in [6.45, 7) is 0.117. The van der Waals surface area contributed by atoms with Gasteiger partial charge in [-0.2, -0.15) is 0 Å². The fraction of sp³-hybridized carbons (Fsp3) is 0.349. The number of nitrogens with one attached hydrogen (secondary N) is 4. The molecule has 3 aromatic heterocycles. The maximum absolute atomic E-state index is 16.3. The van der Waals surface area contributed by atoms with Gasteiger partial charge >= 0.3 is 5.97 Å². The number of H-pyrrole nitrogens is 1. The summed E-state index contributed by atoms with van der Waals surface area (Å²) in [7, 11) is 1.53. The van der Waals surface area contributed by atoms with Crippen molar-refractivity contribution in [2.75, 3.05) is 20.1 Å². The number of pyridine rings is 2. The topological polar surface area (TPSA) is 231 Å². The first-order valence-electron chi connectivity index (χ1n) is 19.9. The number of carbonyl (C=O) groups is 4. The SMILES string of the molecule is CN1C(=O)[C@H](CCCCN)NC(=O)[C@H](CCCN)NCc2cccnc2Sc2c(F)ccc(-c3ccn(CC(=O)O)c(=O)c3)c2CNC(=O)[C@@H]1Cc1c[nH]c2ccccc12. The first kappa shape index (κ1) is 43.7. The van der Waals surface area contributed by atoms with Crippen LogP contribution >= 0.6 is 11.8 Å². The van der Waals surface area contributed by atoms with Gasteiger partial charge in [-0.3, -0.25) is 24.0 Å². The molecule has 316 valence electrons. The molecule has 0 radical (unpaired) electrons. The Balaban J connectivity index is 1.49. The Morgan fingerprint density at radius 2 is 1.73 bits per heavy atom. The monoisotopic (exact) mass is 839 g/mol. The molecule has 3 atom stereocenters. The van der Waals surface area contributed by atoms with E-state index in [9.17, 15) is 29.1 Å². The molecule has 0 saturated heterocycles. The molecule has 1 aliphatic rings. The van der Waals surface area contributed by atoms with Gasteiger partial charge in [0.15, 0.2) is 0 Å². The minimum atomic E-state index is -1.19. The lowest BCUT2D eigenvalue weighted by Crippen LogP contribution is -2.57. The van der Waals surface area contributed by atoms with E-state index in [0.717, 1.165) is 32.8 Å². The van der Waals surface area contributed by atoms with E-state index in [1.54, 1.807) is 24.5 Å². The fourth-order valence-electron chi connectivity index (χ4n) is 7.36. The Labute approximate surface area is 350 Å². The number of unbranched alkanes of at least 4 members (excludes halogenated alkanes) is 1. The number of nitrogens with zero attached hydrogens (tertiary/aromatic N) is 3. The highest BCUT2D eigenvalue weighted by Crippen LogP contribution is 2.38. The predicted molar refractivity (Wildman–Crippen MR) is 226 cm³/mol. The zero-order chi connectivity index (χ0) is 42.8. The standard InChI is InChI=1S/C43H50FN9O6S/c1-52-36(20-28-23-48-33-10-3-2-9-30(28)33)41(58)50-24-31-29(26-15-19-53(25-38(55)56)37(54)21-26)13-14-32(44)39(31)60-42-27(8-7-18-47-42)22-49-34(12-6-17-46)40(57)51-35(43(52)59)11-4-5-16-45/h2-3,7-10,13-15,18-19,21,23,34-36,48-49H,4-6,11-12,16-17,20,22,24-25,45-46H2,1H3,(H,50,58)(H,51,57)(H,55,56)/t34-,35-,36-/m0/s1. The van der Waals surface area contributed by atoms with Gasteiger partial charge in [0.05, 0.1) is 10.9 Å². The summed E-state index contributed by atoms with van der Waals surface area (Å²) in [5.41, 5.74) is 14.5. The van der Waals surface area contributed by atoms with Gasteiger partial charge in [-0.25, -0.2) is 9.37 Å². The summed E-state index contributed by atoms with van der Waals surface area (Å²) in [5.74, 6) is -3.23. The third-order valence-corrected chi connectivity index (χ3v) is 11.8. The van der Waals surface area contributed by atoms with Gasteiger partial charge in [-0.05, 0) is 97.3 Å². The van der Waals surface area contributed by atoms with E-state index in [0.29, 0.717) is 66.1 Å². The Morgan fingerprint density at radius 1 is 0.950 bits per heavy atom. The van der Waals surface area contributed by atoms with Gasteiger partial charge in [0, 0.05) is 62.1 Å². The zero-order valence-electron chi connectivity index (χ0n) is 33.3. The molecule has 9 N–H and O–H groups in total. The summed E-state index contributed by atoms with van der Waals surface area (Å²) >= 11 is 1.03. The Kier molecular flexibility index (Phi) is 14.8. The molecule has 3 amide bonds. The lowest BCUT2D eigenvalue weighted by molar-refractivity contribution is -0.142. The van der Waals surface area contributed by atoms with Gasteiger partial charge in [-0.1, -0.05) is 42.1 Å². The molecule has 60 heavy (non-hydrogen) atoms. The van der Waals surface area contributed by atoms with Crippen LogP contribution in [-0.2, 0) is 45.2 Å². The summed E-state index contributed by atoms with van der Waals surface area (Å²) in [4.78, 5) is 77.1. The van der Waals surface area contributed by atoms with Crippen LogP contribution in [0.4, 0.5) is 4.39 Å². The number of rotatable bonds is 12. The highest BCUT2D eigenvalue weighted by atomic mass is 32.2. The summed E-state index contributed by atoms with van der Waals surface area (Å²) in [6.07, 6.45) is 7.13. The maximum Gasteiger partial charge on any atom is 0.323 e. The second-order valence-electron chi connectivity index (χ2n) is 14.7. The number of likely N-dealkylation sites (N-methyl/N-ethyl adjacent to an activating group) is 1. The number of hydrogen-bond acceptors (Lipinski definition) is 10. The van der Waals surface area contributed by atoms with Crippen LogP contribution in [0.2, 0.25) is 0 Å². The van der Waals surface area contributed by atoms with Crippen LogP contribution in [0.15, 0.2) is 94.0 Å². The molecule has 15 nitrogen and oxygen atoms in total. The highest BCUT2D eigenvalue weighted by molar-refractivity contribution is 7.99. The number of carbonyl (C=O) groups excluding carboxylic acids is 3. The Bertz CT molecular complexity index is 2400. The lowest BCUT2D eigenvalue weighted by atomic mass is 9.99. The maximum atomic E-state index is 16.3. The average Bonchev–Trinajstić information content (AvgIpc) is 3.65. The van der Waals surface area contributed by atoms with Crippen LogP contribution in [-0.4, -0.2) is 86.5 Å². The van der Waals surface area contributed by atoms with Crippen LogP contribution in [0.25, 0.3) is 22.0 Å². The Morgan fingerprint density at radius 3 is 2.50 bits per heavy atom. The number of aromatic nitrogens is 3. The van der Waals surface area contributed by atoms with E-state index in [1.807, 2.05) is 30.3 Å². The number of aromatic amines is 1. The zero-order valence-corrected chi connectivity index (χ0v) is 34.1. The molecule has 0 saturated carbocycles. The van der Waals surface area contributed by atoms with Crippen molar-refractivity contribution < 1.29 is 28.7 Å². The van der Waals surface area contributed by atoms with Crippen molar-refractivity contribution >= 4 is 46.4 Å². The molecule has 0 unspecified atom stereocenters. The number of benzene rings is 2. The third kappa shape index (κ3) is 10.5. The minimum absolute atomic E-state index is 0.0962. The summed E-state index contributed by atoms with van der Waals surface area (Å²) < 4.78 is 17.3. The first-order valence-corrected chi connectivity index (χ1v) is 20.7. The van der Waals surface area contributed by atoms with Crippen molar-refractivity contribution in [1.29, 1.82) is 0 Å². The smallest absolute Gasteiger partial charge is 0.323 e. The second kappa shape index (κ2) is 20.4. The van der Waals surface area contributed by atoms with Gasteiger partial charge in [0.2, 0.25) is 17.7 Å². The van der Waals surface area contributed by atoms with E-state index in [2.05, 4.69) is 25.9 Å². The minimum Gasteiger partial charge on any atom is -0.480 e. The van der Waals surface area contributed by atoms with Crippen LogP contribution in [0.5, 0.6) is 0 Å². The van der Waals surface area contributed by atoms with Gasteiger partial charge in [-0.15, -0.1) is 0 Å². The van der Waals surface area contributed by atoms with Crippen LogP contribution in [0.3, 0.4) is 0 Å². The van der Waals surface area contributed by atoms with E-state index in [1.165, 1.54) is 36.3 Å². The predicted octanol–water partition coefficient (Wildman–Crippen LogP) is 3.28. The van der Waals surface area contributed by atoms with Crippen molar-refractivity contribution in [3.63, 3.8) is 0 Å². The van der Waals surface area contributed by atoms with E-state index in [-0.39, 0.29) is 30.8 Å². The second-order valence-corrected chi connectivity index (χ2v) is 15.7. The normalized spacial score (nSPS) is 18.0. The molecule has 4 heterocycles. The van der Waals surface area contributed by atoms with Crippen LogP contribution in [0, 0.1) is 5.82 Å². The number of carboxylic acids is 1. The lowest BCUT2D eigenvalue weighted by Gasteiger charge is -2.32. The molecular weight excluding hydrogens is 790 g/mol. The summed E-state index contributed by atoms with van der Waals surface area (Å²) in [6, 6.07) is 13.9. The molecule has 6 rings (SSSR count). The van der Waals surface area contributed by atoms with Crippen molar-refractivity contribution in [3.05, 3.63) is 112 Å². The highest BCUT2D eigenvalue weighted by Gasteiger charge is 2.34. The molecule has 2 aromatic carbocycles. The number of halogens is 1. The van der Waals surface area contributed by atoms with E-state index in [4.69, 9.17) is 11.5 Å². The van der Waals surface area contributed by atoms with Crippen molar-refractivity contribution in [2.45, 2.75) is 86.2 Å². The molecule has 1 aliphatic heterocycles.